The van der Waals surface area contributed by atoms with Gasteiger partial charge in [0, 0.05) is 10.8 Å². The number of nitrogens with one attached hydrogen (secondary N) is 1. The van der Waals surface area contributed by atoms with Crippen LogP contribution in [0, 0.1) is 5.92 Å². The number of aliphatic hydroxyl groups is 1. The molecule has 2 rings (SSSR count). The van der Waals surface area contributed by atoms with Gasteiger partial charge in [-0.2, -0.15) is 0 Å². The first kappa shape index (κ1) is 9.64. The van der Waals surface area contributed by atoms with E-state index in [1.807, 2.05) is 11.4 Å². The molecule has 0 aromatic carbocycles. The van der Waals surface area contributed by atoms with E-state index in [2.05, 4.69) is 5.43 Å². The second-order valence-corrected chi connectivity index (χ2v) is 4.46. The fourth-order valence-electron chi connectivity index (χ4n) is 1.83. The lowest BCUT2D eigenvalue weighted by molar-refractivity contribution is -0.126. The minimum Gasteiger partial charge on any atom is -0.388 e. The van der Waals surface area contributed by atoms with Gasteiger partial charge in [-0.1, -0.05) is 0 Å². The second kappa shape index (κ2) is 3.68. The van der Waals surface area contributed by atoms with Gasteiger partial charge in [0.25, 0.3) is 0 Å². The van der Waals surface area contributed by atoms with E-state index in [0.717, 1.165) is 10.4 Å². The minimum absolute atomic E-state index is 0.192. The molecule has 0 bridgehead atoms. The Kier molecular flexibility index (Phi) is 2.54. The zero-order chi connectivity index (χ0) is 10.1. The maximum atomic E-state index is 11.3. The Balaban J connectivity index is 2.21. The summed E-state index contributed by atoms with van der Waals surface area (Å²) in [5.74, 6) is 4.68. The molecule has 1 aliphatic rings. The van der Waals surface area contributed by atoms with E-state index in [1.54, 1.807) is 11.3 Å². The van der Waals surface area contributed by atoms with E-state index in [-0.39, 0.29) is 11.8 Å². The number of nitrogens with two attached hydrogens (primary N) is 1. The van der Waals surface area contributed by atoms with Crippen LogP contribution in [0.15, 0.2) is 11.4 Å². The van der Waals surface area contributed by atoms with Gasteiger partial charge in [0.1, 0.15) is 0 Å². The highest BCUT2D eigenvalue weighted by atomic mass is 32.1. The Morgan fingerprint density at radius 3 is 3.21 bits per heavy atom. The summed E-state index contributed by atoms with van der Waals surface area (Å²) in [7, 11) is 0. The van der Waals surface area contributed by atoms with E-state index < -0.39 is 6.10 Å². The molecule has 2 unspecified atom stereocenters. The third-order valence-corrected chi connectivity index (χ3v) is 3.55. The van der Waals surface area contributed by atoms with Crippen molar-refractivity contribution in [3.63, 3.8) is 0 Å². The van der Waals surface area contributed by atoms with Crippen molar-refractivity contribution < 1.29 is 9.90 Å². The molecule has 0 saturated carbocycles. The molecule has 0 aliphatic heterocycles. The van der Waals surface area contributed by atoms with Crippen LogP contribution in [-0.2, 0) is 11.2 Å². The number of fused-ring (bicyclic) bond motifs is 1. The number of amides is 1. The zero-order valence-corrected chi connectivity index (χ0v) is 8.38. The van der Waals surface area contributed by atoms with E-state index in [1.165, 1.54) is 0 Å². The Morgan fingerprint density at radius 2 is 2.50 bits per heavy atom. The van der Waals surface area contributed by atoms with Crippen molar-refractivity contribution in [2.75, 3.05) is 0 Å². The number of carbonyl (C=O) groups excluding carboxylic acids is 1. The molecular weight excluding hydrogens is 200 g/mol. The molecule has 5 heteroatoms. The lowest BCUT2D eigenvalue weighted by Gasteiger charge is -2.24. The largest absolute Gasteiger partial charge is 0.388 e. The summed E-state index contributed by atoms with van der Waals surface area (Å²) in [6.07, 6.45) is 0.632. The molecule has 1 aromatic heterocycles. The van der Waals surface area contributed by atoms with Gasteiger partial charge in [0.2, 0.25) is 5.91 Å². The molecule has 0 saturated heterocycles. The maximum absolute atomic E-state index is 11.3. The molecule has 1 heterocycles. The van der Waals surface area contributed by atoms with Gasteiger partial charge in [-0.3, -0.25) is 10.2 Å². The predicted molar refractivity (Wildman–Crippen MR) is 53.4 cm³/mol. The summed E-state index contributed by atoms with van der Waals surface area (Å²) in [5.41, 5.74) is 3.10. The van der Waals surface area contributed by atoms with Crippen LogP contribution >= 0.6 is 11.3 Å². The summed E-state index contributed by atoms with van der Waals surface area (Å²) >= 11 is 1.58. The van der Waals surface area contributed by atoms with Crippen LogP contribution in [0.2, 0.25) is 0 Å². The van der Waals surface area contributed by atoms with Crippen molar-refractivity contribution in [3.8, 4) is 0 Å². The van der Waals surface area contributed by atoms with Gasteiger partial charge < -0.3 is 5.11 Å². The average Bonchev–Trinajstić information content (AvgIpc) is 2.64. The van der Waals surface area contributed by atoms with Crippen LogP contribution in [0.4, 0.5) is 0 Å². The molecule has 1 aliphatic carbocycles. The fourth-order valence-corrected chi connectivity index (χ4v) is 2.85. The lowest BCUT2D eigenvalue weighted by atomic mass is 9.86. The Hall–Kier alpha value is -0.910. The lowest BCUT2D eigenvalue weighted by Crippen LogP contribution is -2.38. The molecule has 0 radical (unpaired) electrons. The number of hydrogen-bond acceptors (Lipinski definition) is 4. The van der Waals surface area contributed by atoms with Crippen LogP contribution in [0.3, 0.4) is 0 Å². The molecular formula is C9H12N2O2S. The van der Waals surface area contributed by atoms with E-state index in [4.69, 9.17) is 5.84 Å². The van der Waals surface area contributed by atoms with Gasteiger partial charge in [-0.15, -0.1) is 11.3 Å². The first-order chi connectivity index (χ1) is 6.72. The smallest absolute Gasteiger partial charge is 0.237 e. The van der Waals surface area contributed by atoms with Gasteiger partial charge in [-0.05, 0) is 29.9 Å². The molecule has 76 valence electrons. The summed E-state index contributed by atoms with van der Waals surface area (Å²) < 4.78 is 0. The van der Waals surface area contributed by atoms with Crippen molar-refractivity contribution in [3.05, 3.63) is 21.9 Å². The topological polar surface area (TPSA) is 75.3 Å². The third-order valence-electron chi connectivity index (χ3n) is 2.59. The van der Waals surface area contributed by atoms with Crippen LogP contribution in [0.25, 0.3) is 0 Å². The van der Waals surface area contributed by atoms with E-state index >= 15 is 0 Å². The van der Waals surface area contributed by atoms with Crippen LogP contribution in [-0.4, -0.2) is 11.0 Å². The van der Waals surface area contributed by atoms with Crippen LogP contribution in [0.5, 0.6) is 0 Å². The van der Waals surface area contributed by atoms with Crippen molar-refractivity contribution in [2.24, 2.45) is 11.8 Å². The highest BCUT2D eigenvalue weighted by molar-refractivity contribution is 7.10. The highest BCUT2D eigenvalue weighted by Crippen LogP contribution is 2.36. The molecule has 4 N–H and O–H groups in total. The van der Waals surface area contributed by atoms with Gasteiger partial charge in [0.05, 0.1) is 6.10 Å². The van der Waals surface area contributed by atoms with Gasteiger partial charge >= 0.3 is 0 Å². The monoisotopic (exact) mass is 212 g/mol. The van der Waals surface area contributed by atoms with Gasteiger partial charge in [-0.25, -0.2) is 5.84 Å². The van der Waals surface area contributed by atoms with Crippen molar-refractivity contribution in [1.29, 1.82) is 0 Å². The SMILES string of the molecule is NNC(=O)C1Cc2sccc2C(O)C1. The molecule has 0 fully saturated rings. The van der Waals surface area contributed by atoms with E-state index in [0.29, 0.717) is 12.8 Å². The Bertz CT molecular complexity index is 350. The molecule has 2 atom stereocenters. The van der Waals surface area contributed by atoms with Gasteiger partial charge in [0.15, 0.2) is 0 Å². The summed E-state index contributed by atoms with van der Waals surface area (Å²) in [4.78, 5) is 12.4. The molecule has 14 heavy (non-hydrogen) atoms. The second-order valence-electron chi connectivity index (χ2n) is 3.46. The van der Waals surface area contributed by atoms with Crippen LogP contribution in [0.1, 0.15) is 23.0 Å². The van der Waals surface area contributed by atoms with Crippen molar-refractivity contribution in [2.45, 2.75) is 18.9 Å². The Morgan fingerprint density at radius 1 is 1.71 bits per heavy atom. The van der Waals surface area contributed by atoms with E-state index in [9.17, 15) is 9.90 Å². The van der Waals surface area contributed by atoms with Crippen LogP contribution < -0.4 is 11.3 Å². The zero-order valence-electron chi connectivity index (χ0n) is 7.56. The standard InChI is InChI=1S/C9H12N2O2S/c10-11-9(13)5-3-7(12)6-1-2-14-8(6)4-5/h1-2,5,7,12H,3-4,10H2,(H,11,13). The maximum Gasteiger partial charge on any atom is 0.237 e. The summed E-state index contributed by atoms with van der Waals surface area (Å²) in [6.45, 7) is 0. The quantitative estimate of drug-likeness (QED) is 0.357. The molecule has 1 aromatic rings. The number of hydrazine groups is 1. The normalized spacial score (nSPS) is 25.6. The third kappa shape index (κ3) is 1.54. The average molecular weight is 212 g/mol. The first-order valence-corrected chi connectivity index (χ1v) is 5.35. The Labute approximate surface area is 85.7 Å². The minimum atomic E-state index is -0.521. The number of thiophene rings is 1. The van der Waals surface area contributed by atoms with Crippen molar-refractivity contribution >= 4 is 17.2 Å². The molecule has 0 spiro atoms. The number of rotatable bonds is 1. The first-order valence-electron chi connectivity index (χ1n) is 4.47. The van der Waals surface area contributed by atoms with Crippen molar-refractivity contribution in [1.82, 2.24) is 5.43 Å². The number of hydrogen-bond donors (Lipinski definition) is 3. The number of carbonyl (C=O) groups is 1. The molecule has 1 amide bonds. The highest BCUT2D eigenvalue weighted by Gasteiger charge is 2.30. The summed E-state index contributed by atoms with van der Waals surface area (Å²) in [5, 5.41) is 11.7. The fraction of sp³-hybridized carbons (Fsp3) is 0.444. The predicted octanol–water partition coefficient (Wildman–Crippen LogP) is 0.334. The number of aliphatic hydroxyl groups excluding tert-OH is 1. The molecule has 4 nitrogen and oxygen atoms in total. The summed E-state index contributed by atoms with van der Waals surface area (Å²) in [6, 6.07) is 1.92.